The molecule has 12 heavy (non-hydrogen) atoms. The zero-order valence-electron chi connectivity index (χ0n) is 7.19. The minimum atomic E-state index is -0.909. The molecule has 1 atom stereocenters. The molecule has 2 nitrogen and oxygen atoms in total. The minimum absolute atomic E-state index is 0.509. The van der Waals surface area contributed by atoms with Gasteiger partial charge in [-0.25, -0.2) is 5.11 Å². The van der Waals surface area contributed by atoms with Gasteiger partial charge in [0, 0.05) is 0 Å². The molecule has 0 aliphatic carbocycles. The Morgan fingerprint density at radius 2 is 2.00 bits per heavy atom. The van der Waals surface area contributed by atoms with Crippen LogP contribution in [0.4, 0.5) is 0 Å². The molecule has 65 valence electrons. The van der Waals surface area contributed by atoms with Gasteiger partial charge in [0.2, 0.25) is 0 Å². The Hall–Kier alpha value is -0.860. The lowest BCUT2D eigenvalue weighted by Crippen LogP contribution is -2.07. The first kappa shape index (κ1) is 9.23. The van der Waals surface area contributed by atoms with Gasteiger partial charge in [0.25, 0.3) is 0 Å². The summed E-state index contributed by atoms with van der Waals surface area (Å²) >= 11 is 0. The van der Waals surface area contributed by atoms with Crippen LogP contribution in [0.15, 0.2) is 30.3 Å². The molecule has 0 heterocycles. The lowest BCUT2D eigenvalue weighted by Gasteiger charge is -2.04. The highest BCUT2D eigenvalue weighted by molar-refractivity contribution is 5.14. The van der Waals surface area contributed by atoms with Crippen molar-refractivity contribution in [3.05, 3.63) is 35.9 Å². The molecule has 1 aromatic rings. The summed E-state index contributed by atoms with van der Waals surface area (Å²) in [6.07, 6.45) is -0.0957. The predicted molar refractivity (Wildman–Crippen MR) is 46.2 cm³/mol. The van der Waals surface area contributed by atoms with Crippen LogP contribution in [-0.4, -0.2) is 12.9 Å². The van der Waals surface area contributed by atoms with Gasteiger partial charge in [0.1, 0.15) is 0 Å². The number of hydrogen-bond donors (Lipinski definition) is 0. The van der Waals surface area contributed by atoms with Crippen molar-refractivity contribution in [2.45, 2.75) is 19.6 Å². The van der Waals surface area contributed by atoms with Crippen molar-refractivity contribution in [3.8, 4) is 0 Å². The van der Waals surface area contributed by atoms with Crippen molar-refractivity contribution >= 4 is 0 Å². The van der Waals surface area contributed by atoms with Crippen LogP contribution in [0.3, 0.4) is 0 Å². The quantitative estimate of drug-likeness (QED) is 0.627. The van der Waals surface area contributed by atoms with E-state index in [4.69, 9.17) is 4.74 Å². The van der Waals surface area contributed by atoms with Gasteiger partial charge in [-0.3, -0.25) is 0 Å². The van der Waals surface area contributed by atoms with Crippen LogP contribution >= 0.6 is 0 Å². The Morgan fingerprint density at radius 3 is 2.58 bits per heavy atom. The molecule has 1 radical (unpaired) electrons. The Bertz CT molecular complexity index is 206. The standard InChI is InChI=1S/C10H13O2/c1-9(11)12-8-7-10-5-3-2-4-6-10/h2-6,9H,7-8H2,1H3. The lowest BCUT2D eigenvalue weighted by molar-refractivity contribution is -0.125. The molecule has 0 saturated heterocycles. The summed E-state index contributed by atoms with van der Waals surface area (Å²) in [4.78, 5) is 0. The van der Waals surface area contributed by atoms with Crippen molar-refractivity contribution in [2.24, 2.45) is 0 Å². The smallest absolute Gasteiger partial charge is 0.188 e. The van der Waals surface area contributed by atoms with Gasteiger partial charge in [0.05, 0.1) is 6.61 Å². The monoisotopic (exact) mass is 165 g/mol. The third-order valence-electron chi connectivity index (χ3n) is 1.59. The zero-order chi connectivity index (χ0) is 8.81. The van der Waals surface area contributed by atoms with Gasteiger partial charge in [0.15, 0.2) is 6.29 Å². The third kappa shape index (κ3) is 3.51. The summed E-state index contributed by atoms with van der Waals surface area (Å²) in [5.41, 5.74) is 1.21. The van der Waals surface area contributed by atoms with Crippen molar-refractivity contribution < 1.29 is 9.84 Å². The summed E-state index contributed by atoms with van der Waals surface area (Å²) in [6.45, 7) is 2.01. The van der Waals surface area contributed by atoms with E-state index in [1.165, 1.54) is 12.5 Å². The Labute approximate surface area is 72.8 Å². The Kier molecular flexibility index (Phi) is 3.77. The Morgan fingerprint density at radius 1 is 1.33 bits per heavy atom. The first-order chi connectivity index (χ1) is 5.79. The maximum atomic E-state index is 10.5. The van der Waals surface area contributed by atoms with E-state index < -0.39 is 6.29 Å². The van der Waals surface area contributed by atoms with Crippen LogP contribution in [0, 0.1) is 0 Å². The lowest BCUT2D eigenvalue weighted by atomic mass is 10.2. The summed E-state index contributed by atoms with van der Waals surface area (Å²) in [6, 6.07) is 9.99. The minimum Gasteiger partial charge on any atom is -0.350 e. The van der Waals surface area contributed by atoms with Crippen LogP contribution in [0.2, 0.25) is 0 Å². The molecule has 1 rings (SSSR count). The topological polar surface area (TPSA) is 29.1 Å². The van der Waals surface area contributed by atoms with E-state index >= 15 is 0 Å². The largest absolute Gasteiger partial charge is 0.350 e. The molecule has 0 bridgehead atoms. The first-order valence-electron chi connectivity index (χ1n) is 4.10. The van der Waals surface area contributed by atoms with Gasteiger partial charge in [-0.15, -0.1) is 0 Å². The molecule has 0 amide bonds. The number of benzene rings is 1. The van der Waals surface area contributed by atoms with Crippen LogP contribution in [0.1, 0.15) is 12.5 Å². The van der Waals surface area contributed by atoms with Crippen molar-refractivity contribution in [3.63, 3.8) is 0 Å². The van der Waals surface area contributed by atoms with Gasteiger partial charge in [-0.1, -0.05) is 30.3 Å². The maximum Gasteiger partial charge on any atom is 0.188 e. The average Bonchev–Trinajstić information content (AvgIpc) is 2.05. The highest BCUT2D eigenvalue weighted by Crippen LogP contribution is 2.00. The third-order valence-corrected chi connectivity index (χ3v) is 1.59. The highest BCUT2D eigenvalue weighted by Gasteiger charge is 1.96. The normalized spacial score (nSPS) is 12.8. The zero-order valence-corrected chi connectivity index (χ0v) is 7.19. The van der Waals surface area contributed by atoms with E-state index in [0.717, 1.165) is 6.42 Å². The number of rotatable bonds is 4. The molecule has 0 aliphatic rings. The van der Waals surface area contributed by atoms with Crippen molar-refractivity contribution in [1.82, 2.24) is 0 Å². The molecular weight excluding hydrogens is 152 g/mol. The molecule has 0 spiro atoms. The predicted octanol–water partition coefficient (Wildman–Crippen LogP) is 2.02. The van der Waals surface area contributed by atoms with E-state index in [1.807, 2.05) is 30.3 Å². The van der Waals surface area contributed by atoms with Gasteiger partial charge < -0.3 is 4.74 Å². The van der Waals surface area contributed by atoms with Crippen LogP contribution in [0.25, 0.3) is 0 Å². The fraction of sp³-hybridized carbons (Fsp3) is 0.400. The average molecular weight is 165 g/mol. The fourth-order valence-corrected chi connectivity index (χ4v) is 0.987. The molecule has 0 saturated carbocycles. The number of hydrogen-bond acceptors (Lipinski definition) is 1. The molecule has 1 aromatic carbocycles. The second kappa shape index (κ2) is 4.91. The van der Waals surface area contributed by atoms with Gasteiger partial charge in [-0.2, -0.15) is 0 Å². The van der Waals surface area contributed by atoms with E-state index in [2.05, 4.69) is 0 Å². The van der Waals surface area contributed by atoms with Crippen LogP contribution in [-0.2, 0) is 16.3 Å². The summed E-state index contributed by atoms with van der Waals surface area (Å²) in [7, 11) is 0. The van der Waals surface area contributed by atoms with E-state index in [-0.39, 0.29) is 0 Å². The van der Waals surface area contributed by atoms with Crippen LogP contribution < -0.4 is 0 Å². The molecule has 0 fully saturated rings. The molecular formula is C10H13O2. The van der Waals surface area contributed by atoms with Gasteiger partial charge >= 0.3 is 0 Å². The second-order valence-corrected chi connectivity index (χ2v) is 2.67. The second-order valence-electron chi connectivity index (χ2n) is 2.67. The summed E-state index contributed by atoms with van der Waals surface area (Å²) < 4.78 is 4.89. The van der Waals surface area contributed by atoms with Gasteiger partial charge in [-0.05, 0) is 18.9 Å². The van der Waals surface area contributed by atoms with Crippen LogP contribution in [0.5, 0.6) is 0 Å². The number of ether oxygens (including phenoxy) is 1. The summed E-state index contributed by atoms with van der Waals surface area (Å²) in [5.74, 6) is 0. The highest BCUT2D eigenvalue weighted by atomic mass is 16.6. The molecule has 0 aromatic heterocycles. The molecule has 2 heteroatoms. The SMILES string of the molecule is CC([O])OCCc1ccccc1. The summed E-state index contributed by atoms with van der Waals surface area (Å²) in [5, 5.41) is 10.5. The molecule has 1 unspecified atom stereocenters. The van der Waals surface area contributed by atoms with E-state index in [9.17, 15) is 5.11 Å². The molecule has 0 aliphatic heterocycles. The first-order valence-corrected chi connectivity index (χ1v) is 4.10. The maximum absolute atomic E-state index is 10.5. The Balaban J connectivity index is 2.25. The fourth-order valence-electron chi connectivity index (χ4n) is 0.987. The van der Waals surface area contributed by atoms with E-state index in [1.54, 1.807) is 0 Å². The van der Waals surface area contributed by atoms with Crippen molar-refractivity contribution in [2.75, 3.05) is 6.61 Å². The van der Waals surface area contributed by atoms with E-state index in [0.29, 0.717) is 6.61 Å². The molecule has 0 N–H and O–H groups in total. The van der Waals surface area contributed by atoms with Crippen molar-refractivity contribution in [1.29, 1.82) is 0 Å².